The first-order chi connectivity index (χ1) is 14.5. The van der Waals surface area contributed by atoms with Crippen molar-refractivity contribution < 1.29 is 23.9 Å². The van der Waals surface area contributed by atoms with E-state index in [1.807, 2.05) is 41.8 Å². The molecule has 1 N–H and O–H groups in total. The molecule has 0 saturated heterocycles. The van der Waals surface area contributed by atoms with Gasteiger partial charge >= 0.3 is 5.97 Å². The van der Waals surface area contributed by atoms with Crippen LogP contribution in [0.3, 0.4) is 0 Å². The van der Waals surface area contributed by atoms with Crippen LogP contribution in [0.15, 0.2) is 53.0 Å². The summed E-state index contributed by atoms with van der Waals surface area (Å²) >= 11 is 1.50. The average Bonchev–Trinajstić information content (AvgIpc) is 3.27. The summed E-state index contributed by atoms with van der Waals surface area (Å²) in [5.41, 5.74) is 1.94. The third-order valence-electron chi connectivity index (χ3n) is 5.67. The van der Waals surface area contributed by atoms with Gasteiger partial charge in [0, 0.05) is 34.4 Å². The fourth-order valence-electron chi connectivity index (χ4n) is 4.37. The van der Waals surface area contributed by atoms with Crippen LogP contribution >= 0.6 is 11.3 Å². The molecule has 3 atom stereocenters. The molecule has 30 heavy (non-hydrogen) atoms. The Bertz CT molecular complexity index is 1010. The molecule has 0 saturated carbocycles. The van der Waals surface area contributed by atoms with Gasteiger partial charge in [-0.3, -0.25) is 14.4 Å². The van der Waals surface area contributed by atoms with E-state index in [1.54, 1.807) is 14.0 Å². The highest BCUT2D eigenvalue weighted by molar-refractivity contribution is 7.10. The number of ketones is 1. The molecule has 4 rings (SSSR count). The highest BCUT2D eigenvalue weighted by Crippen LogP contribution is 2.46. The normalized spacial score (nSPS) is 23.6. The minimum atomic E-state index is -0.912. The molecule has 0 radical (unpaired) electrons. The second-order valence-corrected chi connectivity index (χ2v) is 8.37. The molecule has 2 aliphatic rings. The van der Waals surface area contributed by atoms with Crippen LogP contribution in [0.4, 0.5) is 0 Å². The van der Waals surface area contributed by atoms with Crippen molar-refractivity contribution in [2.45, 2.75) is 31.6 Å². The van der Waals surface area contributed by atoms with Crippen LogP contribution in [0.25, 0.3) is 0 Å². The Morgan fingerprint density at radius 2 is 2.03 bits per heavy atom. The Morgan fingerprint density at radius 3 is 2.73 bits per heavy atom. The number of benzene rings is 1. The van der Waals surface area contributed by atoms with E-state index in [4.69, 9.17) is 9.47 Å². The number of nitrogens with one attached hydrogen (secondary N) is 1. The Balaban J connectivity index is 1.81. The summed E-state index contributed by atoms with van der Waals surface area (Å²) in [4.78, 5) is 40.0. The third kappa shape index (κ3) is 3.65. The molecule has 7 heteroatoms. The zero-order valence-corrected chi connectivity index (χ0v) is 17.7. The number of carbonyl (C=O) groups is 3. The molecular formula is C23H23NO5S. The van der Waals surface area contributed by atoms with E-state index in [-0.39, 0.29) is 30.6 Å². The van der Waals surface area contributed by atoms with Crippen molar-refractivity contribution in [2.24, 2.45) is 5.92 Å². The molecular weight excluding hydrogens is 402 g/mol. The van der Waals surface area contributed by atoms with Crippen LogP contribution in [-0.2, 0) is 19.1 Å². The summed E-state index contributed by atoms with van der Waals surface area (Å²) in [5.74, 6) is -1.92. The number of hydrogen-bond donors (Lipinski definition) is 1. The van der Waals surface area contributed by atoms with E-state index in [0.717, 1.165) is 10.4 Å². The van der Waals surface area contributed by atoms with Crippen LogP contribution in [0.2, 0.25) is 0 Å². The van der Waals surface area contributed by atoms with Crippen molar-refractivity contribution in [2.75, 3.05) is 13.7 Å². The Morgan fingerprint density at radius 1 is 1.20 bits per heavy atom. The van der Waals surface area contributed by atoms with Crippen molar-refractivity contribution >= 4 is 29.0 Å². The molecule has 6 nitrogen and oxygen atoms in total. The van der Waals surface area contributed by atoms with Gasteiger partial charge in [-0.2, -0.15) is 0 Å². The van der Waals surface area contributed by atoms with Crippen LogP contribution in [0.5, 0.6) is 5.75 Å². The summed E-state index contributed by atoms with van der Waals surface area (Å²) < 4.78 is 10.6. The van der Waals surface area contributed by atoms with Crippen molar-refractivity contribution in [3.63, 3.8) is 0 Å². The SMILES string of the molecule is CCOC(=O)[C@H]1C(=O)C2=C(C[C@@H]1c1cccs1)NC(=O)C[C@H]2c1cccc(OC)c1. The number of Topliss-reactive ketones (excluding diaryl/α,β-unsaturated/α-hetero) is 1. The fourth-order valence-corrected chi connectivity index (χ4v) is 5.23. The van der Waals surface area contributed by atoms with E-state index in [9.17, 15) is 14.4 Å². The summed E-state index contributed by atoms with van der Waals surface area (Å²) in [6, 6.07) is 11.2. The van der Waals surface area contributed by atoms with Gasteiger partial charge in [-0.1, -0.05) is 18.2 Å². The van der Waals surface area contributed by atoms with Crippen molar-refractivity contribution in [1.29, 1.82) is 0 Å². The molecule has 1 aliphatic carbocycles. The fraction of sp³-hybridized carbons (Fsp3) is 0.348. The average molecular weight is 426 g/mol. The van der Waals surface area contributed by atoms with Gasteiger partial charge in [-0.15, -0.1) is 11.3 Å². The molecule has 0 fully saturated rings. The highest BCUT2D eigenvalue weighted by atomic mass is 32.1. The molecule has 1 amide bonds. The number of thiophene rings is 1. The maximum absolute atomic E-state index is 13.7. The number of rotatable bonds is 5. The van der Waals surface area contributed by atoms with E-state index in [1.165, 1.54) is 11.3 Å². The van der Waals surface area contributed by atoms with Gasteiger partial charge in [0.25, 0.3) is 0 Å². The number of methoxy groups -OCH3 is 1. The number of allylic oxidation sites excluding steroid dienone is 2. The maximum Gasteiger partial charge on any atom is 0.317 e. The summed E-state index contributed by atoms with van der Waals surface area (Å²) in [7, 11) is 1.57. The van der Waals surface area contributed by atoms with Gasteiger partial charge in [-0.25, -0.2) is 0 Å². The lowest BCUT2D eigenvalue weighted by molar-refractivity contribution is -0.152. The van der Waals surface area contributed by atoms with E-state index in [0.29, 0.717) is 23.4 Å². The van der Waals surface area contributed by atoms with Gasteiger partial charge in [0.05, 0.1) is 13.7 Å². The topological polar surface area (TPSA) is 81.7 Å². The van der Waals surface area contributed by atoms with Gasteiger partial charge < -0.3 is 14.8 Å². The van der Waals surface area contributed by atoms with Gasteiger partial charge in [0.1, 0.15) is 11.7 Å². The van der Waals surface area contributed by atoms with Crippen LogP contribution in [-0.4, -0.2) is 31.4 Å². The van der Waals surface area contributed by atoms with E-state index >= 15 is 0 Å². The van der Waals surface area contributed by atoms with Crippen LogP contribution in [0, 0.1) is 5.92 Å². The Kier molecular flexibility index (Phi) is 5.72. The molecule has 156 valence electrons. The first kappa shape index (κ1) is 20.3. The number of carbonyl (C=O) groups excluding carboxylic acids is 3. The molecule has 1 aliphatic heterocycles. The maximum atomic E-state index is 13.7. The first-order valence-corrected chi connectivity index (χ1v) is 10.8. The predicted molar refractivity (Wildman–Crippen MR) is 112 cm³/mol. The van der Waals surface area contributed by atoms with Crippen LogP contribution < -0.4 is 10.1 Å². The summed E-state index contributed by atoms with van der Waals surface area (Å²) in [5, 5.41) is 4.82. The monoisotopic (exact) mass is 425 g/mol. The number of hydrogen-bond acceptors (Lipinski definition) is 6. The lowest BCUT2D eigenvalue weighted by Gasteiger charge is -2.37. The van der Waals surface area contributed by atoms with Crippen molar-refractivity contribution in [3.8, 4) is 5.75 Å². The molecule has 0 bridgehead atoms. The van der Waals surface area contributed by atoms with Gasteiger partial charge in [0.15, 0.2) is 5.78 Å². The predicted octanol–water partition coefficient (Wildman–Crippen LogP) is 3.55. The molecule has 2 aromatic rings. The zero-order chi connectivity index (χ0) is 21.3. The summed E-state index contributed by atoms with van der Waals surface area (Å²) in [6.07, 6.45) is 0.564. The first-order valence-electron chi connectivity index (χ1n) is 9.94. The van der Waals surface area contributed by atoms with Gasteiger partial charge in [0.2, 0.25) is 5.91 Å². The Hall–Kier alpha value is -2.93. The Labute approximate surface area is 178 Å². The largest absolute Gasteiger partial charge is 0.497 e. The van der Waals surface area contributed by atoms with Crippen LogP contribution in [0.1, 0.15) is 42.0 Å². The van der Waals surface area contributed by atoms with E-state index in [2.05, 4.69) is 5.32 Å². The summed E-state index contributed by atoms with van der Waals surface area (Å²) in [6.45, 7) is 1.94. The molecule has 0 spiro atoms. The molecule has 0 unspecified atom stereocenters. The lowest BCUT2D eigenvalue weighted by Crippen LogP contribution is -2.44. The minimum Gasteiger partial charge on any atom is -0.497 e. The quantitative estimate of drug-likeness (QED) is 0.585. The lowest BCUT2D eigenvalue weighted by atomic mass is 9.69. The zero-order valence-electron chi connectivity index (χ0n) is 16.8. The minimum absolute atomic E-state index is 0.131. The van der Waals surface area contributed by atoms with Crippen molar-refractivity contribution in [3.05, 3.63) is 63.5 Å². The molecule has 1 aromatic heterocycles. The number of amides is 1. The van der Waals surface area contributed by atoms with Gasteiger partial charge in [-0.05, 0) is 42.5 Å². The smallest absolute Gasteiger partial charge is 0.317 e. The highest BCUT2D eigenvalue weighted by Gasteiger charge is 2.48. The molecule has 1 aromatic carbocycles. The van der Waals surface area contributed by atoms with Crippen molar-refractivity contribution in [1.82, 2.24) is 5.32 Å². The standard InChI is InChI=1S/C23H23NO5S/c1-3-29-23(27)21-16(18-8-5-9-30-18)11-17-20(22(21)26)15(12-19(25)24-17)13-6-4-7-14(10-13)28-2/h4-10,15-16,21H,3,11-12H2,1-2H3,(H,24,25)/t15-,16+,21+/m0/s1. The van der Waals surface area contributed by atoms with E-state index < -0.39 is 17.8 Å². The second-order valence-electron chi connectivity index (χ2n) is 7.39. The number of ether oxygens (including phenoxy) is 2. The molecule has 2 heterocycles. The second kappa shape index (κ2) is 8.44. The number of esters is 1. The third-order valence-corrected chi connectivity index (χ3v) is 6.68.